The van der Waals surface area contributed by atoms with E-state index in [0.29, 0.717) is 23.6 Å². The Balaban J connectivity index is 1.51. The number of H-pyrrole nitrogens is 1. The molecule has 8 heteroatoms. The molecule has 3 aromatic rings. The van der Waals surface area contributed by atoms with E-state index in [9.17, 15) is 8.78 Å². The van der Waals surface area contributed by atoms with Gasteiger partial charge in [-0.2, -0.15) is 5.21 Å². The standard InChI is InChI=1S/C18H14F2N6/c19-15-8-14(9-16(20)10-15)17-5-2-6-26(23-17)11-12-3-1-4-13(7-12)18-21-24-25-22-18/h1-10,23H,11H2,(H,21,22,24,25). The lowest BCUT2D eigenvalue weighted by atomic mass is 10.1. The summed E-state index contributed by atoms with van der Waals surface area (Å²) in [5.41, 5.74) is 6.06. The summed E-state index contributed by atoms with van der Waals surface area (Å²) >= 11 is 0. The zero-order valence-electron chi connectivity index (χ0n) is 13.5. The first-order chi connectivity index (χ1) is 12.7. The molecule has 1 aliphatic heterocycles. The third-order valence-corrected chi connectivity index (χ3v) is 3.85. The van der Waals surface area contributed by atoms with Gasteiger partial charge in [-0.25, -0.2) is 8.78 Å². The van der Waals surface area contributed by atoms with Crippen LogP contribution in [0.5, 0.6) is 0 Å². The third-order valence-electron chi connectivity index (χ3n) is 3.85. The van der Waals surface area contributed by atoms with Gasteiger partial charge < -0.3 is 0 Å². The Morgan fingerprint density at radius 1 is 1.00 bits per heavy atom. The summed E-state index contributed by atoms with van der Waals surface area (Å²) in [4.78, 5) is 0. The molecule has 0 unspecified atom stereocenters. The molecule has 4 rings (SSSR count). The smallest absolute Gasteiger partial charge is 0.204 e. The quantitative estimate of drug-likeness (QED) is 0.755. The van der Waals surface area contributed by atoms with Crippen LogP contribution in [0.15, 0.2) is 60.8 Å². The predicted molar refractivity (Wildman–Crippen MR) is 91.8 cm³/mol. The molecule has 2 aromatic carbocycles. The number of halogens is 2. The van der Waals surface area contributed by atoms with Crippen LogP contribution >= 0.6 is 0 Å². The van der Waals surface area contributed by atoms with Gasteiger partial charge in [0.1, 0.15) is 11.6 Å². The van der Waals surface area contributed by atoms with Crippen LogP contribution in [0.4, 0.5) is 8.78 Å². The number of tetrazole rings is 1. The van der Waals surface area contributed by atoms with Crippen LogP contribution < -0.4 is 5.43 Å². The number of nitrogens with zero attached hydrogens (tertiary/aromatic N) is 4. The van der Waals surface area contributed by atoms with E-state index in [1.807, 2.05) is 41.6 Å². The molecule has 1 aliphatic rings. The molecule has 2 N–H and O–H groups in total. The Hall–Kier alpha value is -3.55. The van der Waals surface area contributed by atoms with Gasteiger partial charge in [-0.15, -0.1) is 10.2 Å². The minimum atomic E-state index is -0.614. The summed E-state index contributed by atoms with van der Waals surface area (Å²) in [6.07, 6.45) is 5.43. The SMILES string of the molecule is Fc1cc(F)cc(C2=CC=CN(Cc3cccc(-c4nn[nH]n4)c3)N2)c1. The normalized spacial score (nSPS) is 13.5. The second-order valence-electron chi connectivity index (χ2n) is 5.76. The summed E-state index contributed by atoms with van der Waals surface area (Å²) in [6, 6.07) is 11.2. The van der Waals surface area contributed by atoms with Crippen LogP contribution in [0.25, 0.3) is 17.1 Å². The molecule has 130 valence electrons. The Labute approximate surface area is 147 Å². The molecule has 0 bridgehead atoms. The molecule has 0 saturated heterocycles. The van der Waals surface area contributed by atoms with Crippen LogP contribution in [0.3, 0.4) is 0 Å². The molecule has 0 radical (unpaired) electrons. The van der Waals surface area contributed by atoms with E-state index >= 15 is 0 Å². The van der Waals surface area contributed by atoms with E-state index in [1.54, 1.807) is 6.08 Å². The molecule has 0 fully saturated rings. The molecule has 2 heterocycles. The van der Waals surface area contributed by atoms with E-state index in [0.717, 1.165) is 17.2 Å². The number of hydrogen-bond donors (Lipinski definition) is 2. The van der Waals surface area contributed by atoms with Crippen LogP contribution in [-0.2, 0) is 6.54 Å². The van der Waals surface area contributed by atoms with Gasteiger partial charge in [0.05, 0.1) is 12.2 Å². The molecule has 0 saturated carbocycles. The van der Waals surface area contributed by atoms with Crippen molar-refractivity contribution in [2.45, 2.75) is 6.54 Å². The third kappa shape index (κ3) is 3.44. The molecule has 0 aliphatic carbocycles. The van der Waals surface area contributed by atoms with Gasteiger partial charge in [-0.3, -0.25) is 10.4 Å². The van der Waals surface area contributed by atoms with E-state index < -0.39 is 11.6 Å². The van der Waals surface area contributed by atoms with Gasteiger partial charge in [-0.05, 0) is 41.1 Å². The highest BCUT2D eigenvalue weighted by Crippen LogP contribution is 2.20. The predicted octanol–water partition coefficient (Wildman–Crippen LogP) is 3.02. The molecule has 0 spiro atoms. The number of hydrazine groups is 1. The lowest BCUT2D eigenvalue weighted by Crippen LogP contribution is -2.33. The highest BCUT2D eigenvalue weighted by atomic mass is 19.1. The topological polar surface area (TPSA) is 69.7 Å². The van der Waals surface area contributed by atoms with E-state index in [1.165, 1.54) is 12.1 Å². The fraction of sp³-hybridized carbons (Fsp3) is 0.0556. The first-order valence-corrected chi connectivity index (χ1v) is 7.88. The molecule has 26 heavy (non-hydrogen) atoms. The average Bonchev–Trinajstić information content (AvgIpc) is 3.16. The maximum Gasteiger partial charge on any atom is 0.204 e. The van der Waals surface area contributed by atoms with Gasteiger partial charge in [0.15, 0.2) is 0 Å². The summed E-state index contributed by atoms with van der Waals surface area (Å²) < 4.78 is 26.9. The van der Waals surface area contributed by atoms with Gasteiger partial charge in [0.25, 0.3) is 0 Å². The molecule has 0 amide bonds. The van der Waals surface area contributed by atoms with E-state index in [-0.39, 0.29) is 0 Å². The monoisotopic (exact) mass is 352 g/mol. The molecular formula is C18H14F2N6. The lowest BCUT2D eigenvalue weighted by molar-refractivity contribution is 0.313. The molecule has 1 aromatic heterocycles. The number of rotatable bonds is 4. The summed E-state index contributed by atoms with van der Waals surface area (Å²) in [7, 11) is 0. The van der Waals surface area contributed by atoms with Crippen LogP contribution in [0, 0.1) is 11.6 Å². The average molecular weight is 352 g/mol. The van der Waals surface area contributed by atoms with Crippen molar-refractivity contribution in [2.75, 3.05) is 0 Å². The van der Waals surface area contributed by atoms with Crippen LogP contribution in [-0.4, -0.2) is 25.6 Å². The highest BCUT2D eigenvalue weighted by Gasteiger charge is 2.12. The zero-order chi connectivity index (χ0) is 17.9. The largest absolute Gasteiger partial charge is 0.298 e. The van der Waals surface area contributed by atoms with Crippen molar-refractivity contribution < 1.29 is 8.78 Å². The number of nitrogens with one attached hydrogen (secondary N) is 2. The summed E-state index contributed by atoms with van der Waals surface area (Å²) in [6.45, 7) is 0.539. The van der Waals surface area contributed by atoms with Gasteiger partial charge >= 0.3 is 0 Å². The number of benzene rings is 2. The fourth-order valence-electron chi connectivity index (χ4n) is 2.72. The fourth-order valence-corrected chi connectivity index (χ4v) is 2.72. The van der Waals surface area contributed by atoms with E-state index in [2.05, 4.69) is 26.0 Å². The molecular weight excluding hydrogens is 338 g/mol. The second kappa shape index (κ2) is 6.75. The first kappa shape index (κ1) is 15.9. The Bertz CT molecular complexity index is 961. The van der Waals surface area contributed by atoms with Gasteiger partial charge in [0.2, 0.25) is 5.82 Å². The Kier molecular flexibility index (Phi) is 4.14. The maximum absolute atomic E-state index is 13.5. The van der Waals surface area contributed by atoms with Gasteiger partial charge in [-0.1, -0.05) is 18.2 Å². The van der Waals surface area contributed by atoms with E-state index in [4.69, 9.17) is 0 Å². The van der Waals surface area contributed by atoms with Crippen molar-refractivity contribution in [3.63, 3.8) is 0 Å². The summed E-state index contributed by atoms with van der Waals surface area (Å²) in [5.74, 6) is -0.710. The second-order valence-corrected chi connectivity index (χ2v) is 5.76. The summed E-state index contributed by atoms with van der Waals surface area (Å²) in [5, 5.41) is 15.8. The zero-order valence-corrected chi connectivity index (χ0v) is 13.5. The van der Waals surface area contributed by atoms with Crippen LogP contribution in [0.1, 0.15) is 11.1 Å². The number of hydrogen-bond acceptors (Lipinski definition) is 5. The number of aromatic nitrogens is 4. The maximum atomic E-state index is 13.5. The molecule has 0 atom stereocenters. The van der Waals surface area contributed by atoms with Crippen molar-refractivity contribution in [3.8, 4) is 11.4 Å². The highest BCUT2D eigenvalue weighted by molar-refractivity contribution is 5.66. The minimum absolute atomic E-state index is 0.442. The number of allylic oxidation sites excluding steroid dienone is 2. The van der Waals surface area contributed by atoms with Gasteiger partial charge in [0, 0.05) is 23.4 Å². The van der Waals surface area contributed by atoms with Crippen molar-refractivity contribution >= 4 is 5.70 Å². The minimum Gasteiger partial charge on any atom is -0.298 e. The van der Waals surface area contributed by atoms with Crippen molar-refractivity contribution in [3.05, 3.63) is 83.6 Å². The van der Waals surface area contributed by atoms with Crippen molar-refractivity contribution in [1.82, 2.24) is 31.1 Å². The Morgan fingerprint density at radius 3 is 2.62 bits per heavy atom. The first-order valence-electron chi connectivity index (χ1n) is 7.88. The van der Waals surface area contributed by atoms with Crippen molar-refractivity contribution in [2.24, 2.45) is 0 Å². The lowest BCUT2D eigenvalue weighted by Gasteiger charge is -2.27. The number of aromatic amines is 1. The molecule has 6 nitrogen and oxygen atoms in total. The van der Waals surface area contributed by atoms with Crippen molar-refractivity contribution in [1.29, 1.82) is 0 Å². The van der Waals surface area contributed by atoms with Crippen LogP contribution in [0.2, 0.25) is 0 Å². The Morgan fingerprint density at radius 2 is 1.85 bits per heavy atom.